The molecular weight excluding hydrogens is 362 g/mol. The summed E-state index contributed by atoms with van der Waals surface area (Å²) in [6.07, 6.45) is 16.4. The van der Waals surface area contributed by atoms with Gasteiger partial charge in [-0.1, -0.05) is 57.6 Å². The summed E-state index contributed by atoms with van der Waals surface area (Å²) in [7, 11) is 0. The Bertz CT molecular complexity index is 448. The lowest BCUT2D eigenvalue weighted by molar-refractivity contribution is -0.907. The van der Waals surface area contributed by atoms with Gasteiger partial charge in [-0.05, 0) is 32.1 Å². The van der Waals surface area contributed by atoms with E-state index in [0.29, 0.717) is 6.42 Å². The maximum atomic E-state index is 11.1. The lowest BCUT2D eigenvalue weighted by Crippen LogP contribution is -2.57. The van der Waals surface area contributed by atoms with Gasteiger partial charge in [-0.15, -0.1) is 0 Å². The van der Waals surface area contributed by atoms with Gasteiger partial charge in [0.05, 0.1) is 6.54 Å². The van der Waals surface area contributed by atoms with Gasteiger partial charge in [-0.2, -0.15) is 0 Å². The predicted molar refractivity (Wildman–Crippen MR) is 108 cm³/mol. The van der Waals surface area contributed by atoms with E-state index in [1.807, 2.05) is 0 Å². The molecule has 0 bridgehead atoms. The van der Waals surface area contributed by atoms with Crippen LogP contribution in [0.3, 0.4) is 0 Å². The van der Waals surface area contributed by atoms with E-state index in [2.05, 4.69) is 19.1 Å². The van der Waals surface area contributed by atoms with Gasteiger partial charge in [-0.25, -0.2) is 14.4 Å². The first-order valence-corrected chi connectivity index (χ1v) is 10.5. The Morgan fingerprint density at radius 1 is 0.643 bits per heavy atom. The van der Waals surface area contributed by atoms with E-state index in [9.17, 15) is 14.4 Å². The van der Waals surface area contributed by atoms with Crippen LogP contribution in [0.4, 0.5) is 0 Å². The van der Waals surface area contributed by atoms with E-state index in [4.69, 9.17) is 15.3 Å². The van der Waals surface area contributed by atoms with E-state index in [0.717, 1.165) is 38.5 Å². The SMILES string of the molecule is CCC/C=C/CCCCCCCCCC[N+](CC(=O)O)(CC(=O)O)CC(=O)O. The molecule has 0 fully saturated rings. The van der Waals surface area contributed by atoms with Crippen LogP contribution in [0.15, 0.2) is 12.2 Å². The van der Waals surface area contributed by atoms with E-state index >= 15 is 0 Å². The van der Waals surface area contributed by atoms with Gasteiger partial charge in [0.15, 0.2) is 19.6 Å². The van der Waals surface area contributed by atoms with Crippen LogP contribution in [0.5, 0.6) is 0 Å². The minimum atomic E-state index is -1.17. The standard InChI is InChI=1S/C21H37NO6/c1-2-3-4-5-6-7-8-9-10-11-12-13-14-15-22(16-19(23)24,17-20(25)26)18-21(27)28/h4-5H,2-3,6-18H2,1H3,(H2-,23,24,25,26,27,28)/p+1/b5-4+. The molecular formula is C21H38NO6+. The zero-order valence-corrected chi connectivity index (χ0v) is 17.3. The Morgan fingerprint density at radius 3 is 1.46 bits per heavy atom. The first kappa shape index (κ1) is 26.1. The summed E-state index contributed by atoms with van der Waals surface area (Å²) in [6, 6.07) is 0. The molecule has 3 N–H and O–H groups in total. The molecule has 28 heavy (non-hydrogen) atoms. The van der Waals surface area contributed by atoms with E-state index in [1.54, 1.807) is 0 Å². The third kappa shape index (κ3) is 15.2. The average Bonchev–Trinajstić information content (AvgIpc) is 2.57. The molecule has 0 aliphatic rings. The molecule has 7 nitrogen and oxygen atoms in total. The van der Waals surface area contributed by atoms with Crippen molar-refractivity contribution in [3.63, 3.8) is 0 Å². The number of rotatable bonds is 19. The number of hydrogen-bond acceptors (Lipinski definition) is 3. The zero-order chi connectivity index (χ0) is 21.3. The summed E-state index contributed by atoms with van der Waals surface area (Å²) in [5.74, 6) is -3.52. The van der Waals surface area contributed by atoms with Crippen molar-refractivity contribution in [3.05, 3.63) is 12.2 Å². The van der Waals surface area contributed by atoms with Crippen LogP contribution in [0.2, 0.25) is 0 Å². The molecule has 0 aliphatic carbocycles. The molecule has 0 saturated heterocycles. The van der Waals surface area contributed by atoms with Crippen LogP contribution in [-0.2, 0) is 14.4 Å². The highest BCUT2D eigenvalue weighted by atomic mass is 16.4. The van der Waals surface area contributed by atoms with Gasteiger partial charge in [0.2, 0.25) is 0 Å². The summed E-state index contributed by atoms with van der Waals surface area (Å²) in [5, 5.41) is 27.2. The Kier molecular flexibility index (Phi) is 15.0. The molecule has 0 amide bonds. The van der Waals surface area contributed by atoms with Crippen molar-refractivity contribution in [2.75, 3.05) is 26.2 Å². The average molecular weight is 401 g/mol. The minimum Gasteiger partial charge on any atom is -0.477 e. The highest BCUT2D eigenvalue weighted by molar-refractivity contribution is 5.73. The summed E-state index contributed by atoms with van der Waals surface area (Å²) in [6.45, 7) is 0.991. The number of carboxylic acids is 3. The van der Waals surface area contributed by atoms with Gasteiger partial charge in [0.25, 0.3) is 0 Å². The highest BCUT2D eigenvalue weighted by Gasteiger charge is 2.35. The molecule has 0 radical (unpaired) electrons. The lowest BCUT2D eigenvalue weighted by Gasteiger charge is -2.34. The highest BCUT2D eigenvalue weighted by Crippen LogP contribution is 2.14. The number of unbranched alkanes of at least 4 members (excludes halogenated alkanes) is 9. The summed E-state index contributed by atoms with van der Waals surface area (Å²) < 4.78 is -0.439. The fourth-order valence-electron chi connectivity index (χ4n) is 3.44. The zero-order valence-electron chi connectivity index (χ0n) is 17.3. The number of nitrogens with zero attached hydrogens (tertiary/aromatic N) is 1. The fourth-order valence-corrected chi connectivity index (χ4v) is 3.44. The van der Waals surface area contributed by atoms with Gasteiger partial charge in [0, 0.05) is 0 Å². The Morgan fingerprint density at radius 2 is 1.04 bits per heavy atom. The van der Waals surface area contributed by atoms with E-state index < -0.39 is 42.0 Å². The lowest BCUT2D eigenvalue weighted by atomic mass is 10.1. The van der Waals surface area contributed by atoms with Crippen molar-refractivity contribution in [3.8, 4) is 0 Å². The van der Waals surface area contributed by atoms with Crippen LogP contribution in [0, 0.1) is 0 Å². The molecule has 0 atom stereocenters. The minimum absolute atomic E-state index is 0.259. The molecule has 0 unspecified atom stereocenters. The van der Waals surface area contributed by atoms with Crippen LogP contribution in [-0.4, -0.2) is 63.9 Å². The topological polar surface area (TPSA) is 112 Å². The number of quaternary nitrogens is 1. The second-order valence-corrected chi connectivity index (χ2v) is 7.60. The summed E-state index contributed by atoms with van der Waals surface area (Å²) in [5.41, 5.74) is 0. The van der Waals surface area contributed by atoms with Crippen LogP contribution in [0.25, 0.3) is 0 Å². The molecule has 162 valence electrons. The van der Waals surface area contributed by atoms with Gasteiger partial charge < -0.3 is 15.3 Å². The molecule has 7 heteroatoms. The monoisotopic (exact) mass is 400 g/mol. The molecule has 0 aliphatic heterocycles. The van der Waals surface area contributed by atoms with Crippen LogP contribution < -0.4 is 0 Å². The first-order valence-electron chi connectivity index (χ1n) is 10.5. The van der Waals surface area contributed by atoms with Crippen LogP contribution in [0.1, 0.15) is 77.6 Å². The molecule has 0 rings (SSSR count). The Labute approximate surface area is 168 Å². The van der Waals surface area contributed by atoms with Crippen molar-refractivity contribution in [1.82, 2.24) is 0 Å². The molecule has 0 aromatic carbocycles. The maximum absolute atomic E-state index is 11.1. The number of carboxylic acid groups (broad SMARTS) is 3. The molecule has 0 aromatic heterocycles. The van der Waals surface area contributed by atoms with Crippen LogP contribution >= 0.6 is 0 Å². The quantitative estimate of drug-likeness (QED) is 0.172. The Balaban J connectivity index is 4.05. The second kappa shape index (κ2) is 16.1. The molecule has 0 saturated carbocycles. The third-order valence-electron chi connectivity index (χ3n) is 4.79. The predicted octanol–water partition coefficient (Wildman–Crippen LogP) is 3.92. The van der Waals surface area contributed by atoms with Gasteiger partial charge in [0.1, 0.15) is 0 Å². The molecule has 0 spiro atoms. The van der Waals surface area contributed by atoms with Crippen molar-refractivity contribution >= 4 is 17.9 Å². The normalized spacial score (nSPS) is 11.8. The van der Waals surface area contributed by atoms with Crippen molar-refractivity contribution in [2.45, 2.75) is 77.6 Å². The van der Waals surface area contributed by atoms with Crippen molar-refractivity contribution < 1.29 is 34.2 Å². The number of aliphatic carboxylic acids is 3. The van der Waals surface area contributed by atoms with Gasteiger partial charge in [-0.3, -0.25) is 4.48 Å². The summed E-state index contributed by atoms with van der Waals surface area (Å²) >= 11 is 0. The fraction of sp³-hybridized carbons (Fsp3) is 0.762. The van der Waals surface area contributed by atoms with E-state index in [1.165, 1.54) is 25.7 Å². The largest absolute Gasteiger partial charge is 0.477 e. The second-order valence-electron chi connectivity index (χ2n) is 7.60. The number of allylic oxidation sites excluding steroid dienone is 2. The number of carbonyl (C=O) groups is 3. The van der Waals surface area contributed by atoms with Crippen molar-refractivity contribution in [1.29, 1.82) is 0 Å². The smallest absolute Gasteiger partial charge is 0.359 e. The molecule has 0 heterocycles. The Hall–Kier alpha value is -1.89. The van der Waals surface area contributed by atoms with E-state index in [-0.39, 0.29) is 6.54 Å². The van der Waals surface area contributed by atoms with Crippen molar-refractivity contribution in [2.24, 2.45) is 0 Å². The molecule has 0 aromatic rings. The number of hydrogen-bond donors (Lipinski definition) is 3. The third-order valence-corrected chi connectivity index (χ3v) is 4.79. The maximum Gasteiger partial charge on any atom is 0.359 e. The first-order chi connectivity index (χ1) is 13.3. The summed E-state index contributed by atoms with van der Waals surface area (Å²) in [4.78, 5) is 33.3. The van der Waals surface area contributed by atoms with Gasteiger partial charge >= 0.3 is 17.9 Å².